The Bertz CT molecular complexity index is 1010. The highest BCUT2D eigenvalue weighted by Crippen LogP contribution is 2.69. The molecule has 1 fully saturated rings. The fourth-order valence-corrected chi connectivity index (χ4v) is 6.38. The number of alkyl halides is 1. The van der Waals surface area contributed by atoms with E-state index in [1.165, 1.54) is 6.20 Å². The van der Waals surface area contributed by atoms with Gasteiger partial charge in [0.15, 0.2) is 6.23 Å². The van der Waals surface area contributed by atoms with Crippen LogP contribution in [0.15, 0.2) is 21.9 Å². The molecule has 0 spiro atoms. The second-order valence-electron chi connectivity index (χ2n) is 5.63. The van der Waals surface area contributed by atoms with Crippen LogP contribution in [-0.4, -0.2) is 51.6 Å². The average molecular weight is 515 g/mol. The minimum Gasteiger partial charge on any atom is -0.351 e. The van der Waals surface area contributed by atoms with Crippen LogP contribution >= 0.6 is 35.1 Å². The topological polar surface area (TPSA) is 202 Å². The Morgan fingerprint density at radius 1 is 1.20 bits per heavy atom. The van der Waals surface area contributed by atoms with Crippen molar-refractivity contribution in [3.05, 3.63) is 33.1 Å². The summed E-state index contributed by atoms with van der Waals surface area (Å²) >= 11 is 6.13. The summed E-state index contributed by atoms with van der Waals surface area (Å²) in [6.07, 6.45) is -0.698. The van der Waals surface area contributed by atoms with Gasteiger partial charge in [-0.05, 0) is 6.42 Å². The van der Waals surface area contributed by atoms with E-state index in [4.69, 9.17) is 16.3 Å². The first kappa shape index (κ1) is 25.6. The van der Waals surface area contributed by atoms with Crippen LogP contribution in [0.25, 0.3) is 0 Å². The summed E-state index contributed by atoms with van der Waals surface area (Å²) in [6.45, 7) is -0.615. The Hall–Kier alpha value is -0.660. The molecule has 3 N–H and O–H groups in total. The zero-order chi connectivity index (χ0) is 22.7. The van der Waals surface area contributed by atoms with Gasteiger partial charge in [0.1, 0.15) is 0 Å². The van der Waals surface area contributed by atoms with Crippen LogP contribution in [0, 0.1) is 0 Å². The third-order valence-electron chi connectivity index (χ3n) is 3.54. The Balaban J connectivity index is 2.01. The third kappa shape index (κ3) is 6.92. The molecule has 3 unspecified atom stereocenters. The summed E-state index contributed by atoms with van der Waals surface area (Å²) in [5, 5.41) is -0.767. The van der Waals surface area contributed by atoms with Crippen LogP contribution in [-0.2, 0) is 40.6 Å². The van der Waals surface area contributed by atoms with Gasteiger partial charge in [-0.2, -0.15) is 8.62 Å². The van der Waals surface area contributed by atoms with Crippen molar-refractivity contribution in [3.63, 3.8) is 0 Å². The molecular formula is C11H18ClN2O13P3. The van der Waals surface area contributed by atoms with Crippen molar-refractivity contribution in [1.82, 2.24) is 9.55 Å². The van der Waals surface area contributed by atoms with E-state index >= 15 is 0 Å². The van der Waals surface area contributed by atoms with Gasteiger partial charge in [-0.1, -0.05) is 0 Å². The van der Waals surface area contributed by atoms with E-state index < -0.39 is 59.0 Å². The zero-order valence-corrected chi connectivity index (χ0v) is 18.8. The van der Waals surface area contributed by atoms with Gasteiger partial charge in [0, 0.05) is 26.5 Å². The highest BCUT2D eigenvalue weighted by Gasteiger charge is 2.44. The molecule has 30 heavy (non-hydrogen) atoms. The van der Waals surface area contributed by atoms with Gasteiger partial charge in [0.2, 0.25) is 0 Å². The number of aromatic amines is 1. The maximum atomic E-state index is 12.1. The first-order valence-corrected chi connectivity index (χ1v) is 12.7. The van der Waals surface area contributed by atoms with Crippen LogP contribution in [0.5, 0.6) is 0 Å². The van der Waals surface area contributed by atoms with Gasteiger partial charge in [0.25, 0.3) is 5.56 Å². The predicted molar refractivity (Wildman–Crippen MR) is 98.9 cm³/mol. The molecule has 0 aromatic carbocycles. The number of hydrogen-bond donors (Lipinski definition) is 3. The van der Waals surface area contributed by atoms with Gasteiger partial charge in [-0.25, -0.2) is 18.5 Å². The monoisotopic (exact) mass is 514 g/mol. The predicted octanol–water partition coefficient (Wildman–Crippen LogP) is 1.08. The molecule has 0 radical (unpaired) electrons. The van der Waals surface area contributed by atoms with Gasteiger partial charge in [0.05, 0.1) is 18.1 Å². The molecule has 1 aromatic rings. The number of phosphoric ester groups is 2. The Morgan fingerprint density at radius 2 is 1.83 bits per heavy atom. The number of H-pyrrole nitrogens is 1. The molecule has 1 saturated heterocycles. The molecule has 19 heteroatoms. The minimum absolute atomic E-state index is 0.0613. The quantitative estimate of drug-likeness (QED) is 0.296. The molecule has 6 atom stereocenters. The van der Waals surface area contributed by atoms with Gasteiger partial charge >= 0.3 is 29.2 Å². The van der Waals surface area contributed by atoms with Gasteiger partial charge in [-0.15, -0.1) is 11.6 Å². The number of nitrogens with one attached hydrogen (secondary N) is 1. The van der Waals surface area contributed by atoms with E-state index in [1.54, 1.807) is 0 Å². The van der Waals surface area contributed by atoms with Crippen molar-refractivity contribution in [2.75, 3.05) is 20.8 Å². The third-order valence-corrected chi connectivity index (χ3v) is 8.57. The van der Waals surface area contributed by atoms with Crippen LogP contribution < -0.4 is 11.2 Å². The summed E-state index contributed by atoms with van der Waals surface area (Å²) in [5.41, 5.74) is -1.40. The molecule has 2 rings (SSSR count). The lowest BCUT2D eigenvalue weighted by Crippen LogP contribution is -2.33. The molecule has 1 aliphatic heterocycles. The summed E-state index contributed by atoms with van der Waals surface area (Å²) < 4.78 is 63.3. The van der Waals surface area contributed by atoms with Gasteiger partial charge in [-0.3, -0.25) is 27.9 Å². The van der Waals surface area contributed by atoms with Crippen molar-refractivity contribution in [2.24, 2.45) is 0 Å². The van der Waals surface area contributed by atoms with Crippen molar-refractivity contribution >= 4 is 35.1 Å². The van der Waals surface area contributed by atoms with E-state index in [0.717, 1.165) is 24.9 Å². The Morgan fingerprint density at radius 3 is 2.40 bits per heavy atom. The Kier molecular flexibility index (Phi) is 8.42. The van der Waals surface area contributed by atoms with E-state index in [2.05, 4.69) is 22.2 Å². The molecule has 0 bridgehead atoms. The molecule has 1 aromatic heterocycles. The summed E-state index contributed by atoms with van der Waals surface area (Å²) in [5.74, 6) is 0. The standard InChI is InChI=1S/C11H18ClN2O13P3/c1-22-28(17,18)26-30(21,23-2)27-29(19,20)24-6-7-5-8(12)10(25-7)14-4-3-9(15)13-11(14)16/h3-4,7-8,10H,5-6H2,1-2H3,(H,17,18)(H,19,20)(H,13,15,16)/t7-,8-,10-,30?/m0/s1. The number of nitrogens with zero attached hydrogens (tertiary/aromatic N) is 1. The van der Waals surface area contributed by atoms with Crippen molar-refractivity contribution in [2.45, 2.75) is 24.1 Å². The van der Waals surface area contributed by atoms with Crippen LogP contribution in [0.1, 0.15) is 12.6 Å². The fourth-order valence-electron chi connectivity index (χ4n) is 2.25. The number of rotatable bonds is 10. The second kappa shape index (κ2) is 9.86. The van der Waals surface area contributed by atoms with Crippen molar-refractivity contribution in [3.8, 4) is 0 Å². The molecule has 0 saturated carbocycles. The first-order chi connectivity index (χ1) is 13.8. The number of hydrogen-bond acceptors (Lipinski definition) is 11. The van der Waals surface area contributed by atoms with Crippen LogP contribution in [0.3, 0.4) is 0 Å². The maximum absolute atomic E-state index is 12.1. The first-order valence-electron chi connectivity index (χ1n) is 7.85. The molecule has 1 aliphatic rings. The van der Waals surface area contributed by atoms with Crippen molar-refractivity contribution in [1.29, 1.82) is 0 Å². The molecular weight excluding hydrogens is 496 g/mol. The lowest BCUT2D eigenvalue weighted by Gasteiger charge is -2.21. The zero-order valence-electron chi connectivity index (χ0n) is 15.4. The van der Waals surface area contributed by atoms with Gasteiger partial charge < -0.3 is 14.5 Å². The second-order valence-corrected chi connectivity index (χ2v) is 11.3. The van der Waals surface area contributed by atoms with E-state index in [9.17, 15) is 33.1 Å². The number of aromatic nitrogens is 2. The maximum Gasteiger partial charge on any atom is 0.492 e. The average Bonchev–Trinajstić information content (AvgIpc) is 3.00. The van der Waals surface area contributed by atoms with E-state index in [1.807, 2.05) is 4.98 Å². The molecule has 15 nitrogen and oxygen atoms in total. The smallest absolute Gasteiger partial charge is 0.351 e. The van der Waals surface area contributed by atoms with E-state index in [-0.39, 0.29) is 6.42 Å². The number of halogens is 1. The van der Waals surface area contributed by atoms with Crippen LogP contribution in [0.2, 0.25) is 0 Å². The van der Waals surface area contributed by atoms with Crippen molar-refractivity contribution < 1.29 is 50.4 Å². The highest BCUT2D eigenvalue weighted by atomic mass is 35.5. The molecule has 0 aliphatic carbocycles. The SMILES string of the molecule is COP(=O)(O)OP(=O)(OC)OP(=O)(O)OC[C@@H]1C[C@H](Cl)[C@@H](n2ccc(=O)[nH]c2=O)O1. The summed E-state index contributed by atoms with van der Waals surface area (Å²) in [7, 11) is -13.6. The normalized spacial score (nSPS) is 27.8. The number of phosphoric acid groups is 3. The minimum atomic E-state index is -5.15. The molecule has 0 amide bonds. The summed E-state index contributed by atoms with van der Waals surface area (Å²) in [6, 6.07) is 1.08. The fraction of sp³-hybridized carbons (Fsp3) is 0.636. The molecule has 2 heterocycles. The van der Waals surface area contributed by atoms with E-state index in [0.29, 0.717) is 0 Å². The van der Waals surface area contributed by atoms with Crippen LogP contribution in [0.4, 0.5) is 0 Å². The Labute approximate surface area is 173 Å². The molecule has 172 valence electrons. The number of ether oxygens (including phenoxy) is 1. The highest BCUT2D eigenvalue weighted by molar-refractivity contribution is 7.67. The lowest BCUT2D eigenvalue weighted by molar-refractivity contribution is -0.0236. The largest absolute Gasteiger partial charge is 0.492 e. The summed E-state index contributed by atoms with van der Waals surface area (Å²) in [4.78, 5) is 43.9. The lowest BCUT2D eigenvalue weighted by atomic mass is 10.2.